The predicted octanol–water partition coefficient (Wildman–Crippen LogP) is 5.71. The van der Waals surface area contributed by atoms with Crippen LogP contribution in [0.25, 0.3) is 0 Å². The van der Waals surface area contributed by atoms with Gasteiger partial charge >= 0.3 is 0 Å². The van der Waals surface area contributed by atoms with E-state index >= 15 is 0 Å². The minimum Gasteiger partial charge on any atom is -0.314 e. The van der Waals surface area contributed by atoms with Crippen molar-refractivity contribution < 1.29 is 0 Å². The van der Waals surface area contributed by atoms with Gasteiger partial charge in [0.2, 0.25) is 0 Å². The molecule has 0 radical (unpaired) electrons. The molecule has 1 nitrogen and oxygen atoms in total. The van der Waals surface area contributed by atoms with Gasteiger partial charge in [0.1, 0.15) is 0 Å². The highest BCUT2D eigenvalue weighted by molar-refractivity contribution is 14.1. The lowest BCUT2D eigenvalue weighted by atomic mass is 10.1. The van der Waals surface area contributed by atoms with Crippen molar-refractivity contribution in [1.29, 1.82) is 0 Å². The summed E-state index contributed by atoms with van der Waals surface area (Å²) >= 11 is 2.47. The van der Waals surface area contributed by atoms with Crippen LogP contribution in [-0.4, -0.2) is 17.0 Å². The summed E-state index contributed by atoms with van der Waals surface area (Å²) in [5.41, 5.74) is 0. The minimum atomic E-state index is 0.722. The van der Waals surface area contributed by atoms with Crippen molar-refractivity contribution in [1.82, 2.24) is 5.32 Å². The number of unbranched alkanes of at least 4 members (excludes halogenated alkanes) is 8. The highest BCUT2D eigenvalue weighted by Crippen LogP contribution is 2.07. The minimum absolute atomic E-state index is 0.722. The third kappa shape index (κ3) is 14.7. The lowest BCUT2D eigenvalue weighted by Gasteiger charge is -2.13. The molecular formula is C16H34IN. The fourth-order valence-corrected chi connectivity index (χ4v) is 2.79. The van der Waals surface area contributed by atoms with Gasteiger partial charge in [-0.3, -0.25) is 0 Å². The van der Waals surface area contributed by atoms with E-state index in [4.69, 9.17) is 0 Å². The molecule has 2 heteroatoms. The van der Waals surface area contributed by atoms with Crippen LogP contribution in [0.15, 0.2) is 0 Å². The van der Waals surface area contributed by atoms with Gasteiger partial charge in [-0.15, -0.1) is 0 Å². The molecule has 0 aromatic carbocycles. The summed E-state index contributed by atoms with van der Waals surface area (Å²) in [7, 11) is 0. The summed E-state index contributed by atoms with van der Waals surface area (Å²) < 4.78 is 1.32. The van der Waals surface area contributed by atoms with Crippen LogP contribution in [0.5, 0.6) is 0 Å². The monoisotopic (exact) mass is 367 g/mol. The molecule has 0 spiro atoms. The van der Waals surface area contributed by atoms with Gasteiger partial charge in [-0.05, 0) is 37.2 Å². The molecule has 110 valence electrons. The fraction of sp³-hybridized carbons (Fsp3) is 1.00. The quantitative estimate of drug-likeness (QED) is 0.236. The Morgan fingerprint density at radius 2 is 1.44 bits per heavy atom. The summed E-state index contributed by atoms with van der Waals surface area (Å²) in [5.74, 6) is 0. The molecular weight excluding hydrogens is 333 g/mol. The van der Waals surface area contributed by atoms with Gasteiger partial charge in [0.05, 0.1) is 0 Å². The molecule has 1 atom stereocenters. The molecule has 1 unspecified atom stereocenters. The average molecular weight is 367 g/mol. The number of nitrogens with one attached hydrogen (secondary N) is 1. The van der Waals surface area contributed by atoms with E-state index in [1.54, 1.807) is 0 Å². The lowest BCUT2D eigenvalue weighted by Crippen LogP contribution is -2.26. The third-order valence-corrected chi connectivity index (χ3v) is 4.31. The zero-order valence-corrected chi connectivity index (χ0v) is 14.8. The van der Waals surface area contributed by atoms with Crippen LogP contribution < -0.4 is 5.32 Å². The van der Waals surface area contributed by atoms with Crippen molar-refractivity contribution in [2.45, 2.75) is 90.5 Å². The van der Waals surface area contributed by atoms with E-state index in [0.717, 1.165) is 6.04 Å². The van der Waals surface area contributed by atoms with Crippen molar-refractivity contribution in [2.24, 2.45) is 0 Å². The van der Waals surface area contributed by atoms with Gasteiger partial charge in [-0.1, -0.05) is 80.9 Å². The van der Waals surface area contributed by atoms with Crippen molar-refractivity contribution in [3.8, 4) is 0 Å². The van der Waals surface area contributed by atoms with Gasteiger partial charge in [0.25, 0.3) is 0 Å². The molecule has 0 bridgehead atoms. The predicted molar refractivity (Wildman–Crippen MR) is 92.8 cm³/mol. The van der Waals surface area contributed by atoms with E-state index in [9.17, 15) is 0 Å². The van der Waals surface area contributed by atoms with Crippen LogP contribution in [-0.2, 0) is 0 Å². The molecule has 0 aromatic heterocycles. The van der Waals surface area contributed by atoms with Crippen molar-refractivity contribution in [3.05, 3.63) is 0 Å². The van der Waals surface area contributed by atoms with E-state index in [0.29, 0.717) is 0 Å². The van der Waals surface area contributed by atoms with E-state index in [2.05, 4.69) is 41.8 Å². The Labute approximate surface area is 129 Å². The van der Waals surface area contributed by atoms with Gasteiger partial charge in [-0.2, -0.15) is 0 Å². The first-order valence-corrected chi connectivity index (χ1v) is 9.63. The van der Waals surface area contributed by atoms with Crippen LogP contribution >= 0.6 is 22.6 Å². The Hall–Kier alpha value is 0.690. The number of rotatable bonds is 14. The molecule has 0 amide bonds. The summed E-state index contributed by atoms with van der Waals surface area (Å²) in [6.07, 6.45) is 15.4. The molecule has 0 aliphatic heterocycles. The number of alkyl halides is 1. The Morgan fingerprint density at radius 3 is 2.11 bits per heavy atom. The van der Waals surface area contributed by atoms with Gasteiger partial charge < -0.3 is 5.32 Å². The van der Waals surface area contributed by atoms with E-state index in [1.165, 1.54) is 81.6 Å². The van der Waals surface area contributed by atoms with Gasteiger partial charge in [0.15, 0.2) is 0 Å². The molecule has 0 aromatic rings. The summed E-state index contributed by atoms with van der Waals surface area (Å²) in [5, 5.41) is 3.66. The molecule has 0 saturated heterocycles. The van der Waals surface area contributed by atoms with E-state index in [-0.39, 0.29) is 0 Å². The molecule has 0 rings (SSSR count). The molecule has 0 heterocycles. The Bertz CT molecular complexity index is 150. The molecule has 0 aliphatic carbocycles. The SMILES string of the molecule is CCCCCCCCCNC(C)CCCCCI. The highest BCUT2D eigenvalue weighted by atomic mass is 127. The number of hydrogen-bond donors (Lipinski definition) is 1. The fourth-order valence-electron chi connectivity index (χ4n) is 2.25. The normalized spacial score (nSPS) is 12.8. The Balaban J connectivity index is 3.08. The second kappa shape index (κ2) is 15.7. The van der Waals surface area contributed by atoms with Crippen molar-refractivity contribution in [3.63, 3.8) is 0 Å². The molecule has 18 heavy (non-hydrogen) atoms. The maximum atomic E-state index is 3.66. The first kappa shape index (κ1) is 18.7. The molecule has 1 N–H and O–H groups in total. The largest absolute Gasteiger partial charge is 0.314 e. The summed E-state index contributed by atoms with van der Waals surface area (Å²) in [6, 6.07) is 0.722. The second-order valence-corrected chi connectivity index (χ2v) is 6.59. The van der Waals surface area contributed by atoms with Crippen LogP contribution in [0.1, 0.15) is 84.5 Å². The van der Waals surface area contributed by atoms with E-state index < -0.39 is 0 Å². The zero-order valence-electron chi connectivity index (χ0n) is 12.6. The van der Waals surface area contributed by atoms with Crippen LogP contribution in [0.3, 0.4) is 0 Å². The number of halogens is 1. The smallest absolute Gasteiger partial charge is 0.00387 e. The maximum Gasteiger partial charge on any atom is 0.00387 e. The first-order chi connectivity index (χ1) is 8.81. The summed E-state index contributed by atoms with van der Waals surface area (Å²) in [6.45, 7) is 5.85. The molecule has 0 fully saturated rings. The van der Waals surface area contributed by atoms with Gasteiger partial charge in [0, 0.05) is 6.04 Å². The van der Waals surface area contributed by atoms with Crippen LogP contribution in [0.2, 0.25) is 0 Å². The van der Waals surface area contributed by atoms with Crippen molar-refractivity contribution >= 4 is 22.6 Å². The topological polar surface area (TPSA) is 12.0 Å². The average Bonchev–Trinajstić information content (AvgIpc) is 2.38. The van der Waals surface area contributed by atoms with E-state index in [1.807, 2.05) is 0 Å². The third-order valence-electron chi connectivity index (χ3n) is 3.54. The zero-order chi connectivity index (χ0) is 13.5. The first-order valence-electron chi connectivity index (χ1n) is 8.10. The standard InChI is InChI=1S/C16H34IN/c1-3-4-5-6-7-8-12-15-18-16(2)13-10-9-11-14-17/h16,18H,3-15H2,1-2H3. The van der Waals surface area contributed by atoms with Gasteiger partial charge in [-0.25, -0.2) is 0 Å². The Kier molecular flexibility index (Phi) is 16.4. The molecule has 0 saturated carbocycles. The lowest BCUT2D eigenvalue weighted by molar-refractivity contribution is 0.472. The number of hydrogen-bond acceptors (Lipinski definition) is 1. The summed E-state index contributed by atoms with van der Waals surface area (Å²) in [4.78, 5) is 0. The molecule has 0 aliphatic rings. The maximum absolute atomic E-state index is 3.66. The van der Waals surface area contributed by atoms with Crippen LogP contribution in [0, 0.1) is 0 Å². The van der Waals surface area contributed by atoms with Crippen molar-refractivity contribution in [2.75, 3.05) is 11.0 Å². The Morgan fingerprint density at radius 1 is 0.833 bits per heavy atom. The van der Waals surface area contributed by atoms with Crippen LogP contribution in [0.4, 0.5) is 0 Å². The highest BCUT2D eigenvalue weighted by Gasteiger charge is 2.00. The second-order valence-electron chi connectivity index (χ2n) is 5.51.